The molecule has 106 valence electrons. The Hall–Kier alpha value is -2.73. The largest absolute Gasteiger partial charge is 0.395 e. The lowest BCUT2D eigenvalue weighted by molar-refractivity contribution is 0.311. The molecule has 2 heterocycles. The van der Waals surface area contributed by atoms with Crippen LogP contribution in [0.25, 0.3) is 10.9 Å². The third kappa shape index (κ3) is 3.06. The number of pyridine rings is 1. The van der Waals surface area contributed by atoms with E-state index in [1.165, 1.54) is 0 Å². The van der Waals surface area contributed by atoms with Gasteiger partial charge in [-0.05, 0) is 24.3 Å². The predicted molar refractivity (Wildman–Crippen MR) is 82.6 cm³/mol. The minimum atomic E-state index is 0.0453. The Bertz CT molecular complexity index is 732. The zero-order valence-corrected chi connectivity index (χ0v) is 11.3. The highest BCUT2D eigenvalue weighted by Crippen LogP contribution is 2.23. The van der Waals surface area contributed by atoms with Gasteiger partial charge in [-0.2, -0.15) is 4.98 Å². The van der Waals surface area contributed by atoms with Crippen molar-refractivity contribution in [3.8, 4) is 0 Å². The van der Waals surface area contributed by atoms with Gasteiger partial charge >= 0.3 is 0 Å². The number of aliphatic hydroxyl groups is 1. The number of fused-ring (bicyclic) bond motifs is 1. The van der Waals surface area contributed by atoms with Crippen LogP contribution >= 0.6 is 0 Å². The summed E-state index contributed by atoms with van der Waals surface area (Å²) in [6, 6.07) is 11.5. The second-order valence-corrected chi connectivity index (χ2v) is 4.43. The van der Waals surface area contributed by atoms with Crippen LogP contribution in [0.15, 0.2) is 48.8 Å². The number of hydrogen-bond acceptors (Lipinski definition) is 6. The van der Waals surface area contributed by atoms with E-state index in [4.69, 9.17) is 5.11 Å². The van der Waals surface area contributed by atoms with Gasteiger partial charge in [0.25, 0.3) is 0 Å². The van der Waals surface area contributed by atoms with E-state index < -0.39 is 0 Å². The number of rotatable bonds is 5. The van der Waals surface area contributed by atoms with Crippen molar-refractivity contribution in [2.45, 2.75) is 0 Å². The first kappa shape index (κ1) is 13.3. The maximum absolute atomic E-state index is 8.97. The lowest BCUT2D eigenvalue weighted by Gasteiger charge is -2.11. The Kier molecular flexibility index (Phi) is 3.88. The fraction of sp³-hybridized carbons (Fsp3) is 0.133. The molecule has 3 N–H and O–H groups in total. The van der Waals surface area contributed by atoms with Gasteiger partial charge in [-0.25, -0.2) is 4.98 Å². The molecule has 0 aliphatic heterocycles. The second kappa shape index (κ2) is 6.15. The molecule has 1 aromatic carbocycles. The van der Waals surface area contributed by atoms with Crippen LogP contribution in [0.1, 0.15) is 0 Å². The highest BCUT2D eigenvalue weighted by molar-refractivity contribution is 5.90. The predicted octanol–water partition coefficient (Wildman–Crippen LogP) is 2.17. The average molecular weight is 281 g/mol. The number of para-hydroxylation sites is 1. The Labute approximate surface area is 121 Å². The molecule has 6 nitrogen and oxygen atoms in total. The molecule has 0 saturated heterocycles. The molecule has 3 aromatic rings. The zero-order chi connectivity index (χ0) is 14.5. The van der Waals surface area contributed by atoms with Gasteiger partial charge in [0, 0.05) is 18.1 Å². The summed E-state index contributed by atoms with van der Waals surface area (Å²) in [7, 11) is 0. The van der Waals surface area contributed by atoms with Gasteiger partial charge in [-0.3, -0.25) is 4.98 Å². The number of aliphatic hydroxyl groups excluding tert-OH is 1. The van der Waals surface area contributed by atoms with E-state index in [0.717, 1.165) is 16.6 Å². The molecule has 0 unspecified atom stereocenters. The lowest BCUT2D eigenvalue weighted by atomic mass is 10.2. The van der Waals surface area contributed by atoms with Crippen LogP contribution in [-0.4, -0.2) is 33.2 Å². The Balaban J connectivity index is 1.99. The monoisotopic (exact) mass is 281 g/mol. The Morgan fingerprint density at radius 1 is 1.05 bits per heavy atom. The van der Waals surface area contributed by atoms with E-state index in [0.29, 0.717) is 18.3 Å². The number of nitrogens with one attached hydrogen (secondary N) is 2. The lowest BCUT2D eigenvalue weighted by Crippen LogP contribution is -2.09. The van der Waals surface area contributed by atoms with Crippen LogP contribution in [0.4, 0.5) is 17.5 Å². The first-order chi connectivity index (χ1) is 10.4. The summed E-state index contributed by atoms with van der Waals surface area (Å²) in [6.45, 7) is 0.483. The molecule has 0 aliphatic rings. The van der Waals surface area contributed by atoms with E-state index in [9.17, 15) is 0 Å². The van der Waals surface area contributed by atoms with Gasteiger partial charge in [0.2, 0.25) is 5.95 Å². The molecule has 6 heteroatoms. The molecule has 0 aliphatic carbocycles. The van der Waals surface area contributed by atoms with Crippen molar-refractivity contribution in [3.63, 3.8) is 0 Å². The van der Waals surface area contributed by atoms with Crippen LogP contribution in [0.2, 0.25) is 0 Å². The minimum absolute atomic E-state index is 0.0453. The minimum Gasteiger partial charge on any atom is -0.395 e. The van der Waals surface area contributed by atoms with Crippen molar-refractivity contribution in [2.75, 3.05) is 23.8 Å². The van der Waals surface area contributed by atoms with Crippen LogP contribution < -0.4 is 10.6 Å². The van der Waals surface area contributed by atoms with Crippen LogP contribution in [0.3, 0.4) is 0 Å². The zero-order valence-electron chi connectivity index (χ0n) is 11.3. The van der Waals surface area contributed by atoms with E-state index in [1.807, 2.05) is 36.4 Å². The fourth-order valence-electron chi connectivity index (χ4n) is 2.01. The Morgan fingerprint density at radius 2 is 1.95 bits per heavy atom. The van der Waals surface area contributed by atoms with Gasteiger partial charge in [0.05, 0.1) is 24.0 Å². The number of nitrogens with zero attached hydrogens (tertiary/aromatic N) is 3. The summed E-state index contributed by atoms with van der Waals surface area (Å²) >= 11 is 0. The molecule has 0 saturated carbocycles. The topological polar surface area (TPSA) is 83.0 Å². The van der Waals surface area contributed by atoms with E-state index in [-0.39, 0.29) is 6.61 Å². The van der Waals surface area contributed by atoms with Crippen molar-refractivity contribution in [3.05, 3.63) is 48.8 Å². The van der Waals surface area contributed by atoms with Gasteiger partial charge in [0.1, 0.15) is 5.82 Å². The number of aromatic nitrogens is 3. The van der Waals surface area contributed by atoms with Gasteiger partial charge < -0.3 is 15.7 Å². The normalized spacial score (nSPS) is 10.5. The van der Waals surface area contributed by atoms with Crippen molar-refractivity contribution < 1.29 is 5.11 Å². The number of benzene rings is 1. The third-order valence-corrected chi connectivity index (χ3v) is 2.93. The Morgan fingerprint density at radius 3 is 2.76 bits per heavy atom. The van der Waals surface area contributed by atoms with Gasteiger partial charge in [-0.15, -0.1) is 0 Å². The third-order valence-electron chi connectivity index (χ3n) is 2.93. The molecular formula is C15H15N5O. The van der Waals surface area contributed by atoms with Crippen molar-refractivity contribution in [1.29, 1.82) is 0 Å². The first-order valence-corrected chi connectivity index (χ1v) is 6.65. The molecule has 0 radical (unpaired) electrons. The maximum Gasteiger partial charge on any atom is 0.229 e. The molecule has 21 heavy (non-hydrogen) atoms. The highest BCUT2D eigenvalue weighted by Gasteiger charge is 2.07. The summed E-state index contributed by atoms with van der Waals surface area (Å²) in [5, 5.41) is 16.1. The second-order valence-electron chi connectivity index (χ2n) is 4.43. The van der Waals surface area contributed by atoms with Crippen molar-refractivity contribution in [1.82, 2.24) is 15.0 Å². The average Bonchev–Trinajstić information content (AvgIpc) is 2.53. The van der Waals surface area contributed by atoms with Crippen LogP contribution in [0.5, 0.6) is 0 Å². The molecule has 0 spiro atoms. The van der Waals surface area contributed by atoms with E-state index in [1.54, 1.807) is 12.4 Å². The molecule has 3 rings (SSSR count). The van der Waals surface area contributed by atoms with E-state index >= 15 is 0 Å². The summed E-state index contributed by atoms with van der Waals surface area (Å²) < 4.78 is 0. The molecule has 0 bridgehead atoms. The van der Waals surface area contributed by atoms with Crippen molar-refractivity contribution >= 4 is 28.4 Å². The molecule has 0 fully saturated rings. The van der Waals surface area contributed by atoms with E-state index in [2.05, 4.69) is 25.6 Å². The molecule has 0 atom stereocenters. The first-order valence-electron chi connectivity index (χ1n) is 6.65. The quantitative estimate of drug-likeness (QED) is 0.665. The van der Waals surface area contributed by atoms with Crippen molar-refractivity contribution in [2.24, 2.45) is 0 Å². The number of anilines is 3. The molecule has 2 aromatic heterocycles. The summed E-state index contributed by atoms with van der Waals surface area (Å²) in [6.07, 6.45) is 3.42. The summed E-state index contributed by atoms with van der Waals surface area (Å²) in [5.41, 5.74) is 1.65. The maximum atomic E-state index is 8.97. The van der Waals surface area contributed by atoms with Gasteiger partial charge in [-0.1, -0.05) is 12.1 Å². The van der Waals surface area contributed by atoms with Gasteiger partial charge in [0.15, 0.2) is 0 Å². The summed E-state index contributed by atoms with van der Waals surface area (Å²) in [4.78, 5) is 13.0. The highest BCUT2D eigenvalue weighted by atomic mass is 16.3. The summed E-state index contributed by atoms with van der Waals surface area (Å²) in [5.74, 6) is 1.18. The standard InChI is InChI=1S/C15H15N5O/c21-9-8-17-14-12-5-1-2-6-13(12)19-15(20-14)18-11-4-3-7-16-10-11/h1-7,10,21H,8-9H2,(H2,17,18,19,20). The molecular weight excluding hydrogens is 266 g/mol. The van der Waals surface area contributed by atoms with Crippen LogP contribution in [0, 0.1) is 0 Å². The fourth-order valence-corrected chi connectivity index (χ4v) is 2.01. The SMILES string of the molecule is OCCNc1nc(Nc2cccnc2)nc2ccccc12. The molecule has 0 amide bonds. The smallest absolute Gasteiger partial charge is 0.229 e. The van der Waals surface area contributed by atoms with Crippen LogP contribution in [-0.2, 0) is 0 Å². The number of hydrogen-bond donors (Lipinski definition) is 3.